The number of aromatic amines is 1. The van der Waals surface area contributed by atoms with Gasteiger partial charge in [-0.05, 0) is 31.5 Å². The van der Waals surface area contributed by atoms with Crippen molar-refractivity contribution in [2.45, 2.75) is 45.2 Å². The number of hydrogen-bond acceptors (Lipinski definition) is 4. The summed E-state index contributed by atoms with van der Waals surface area (Å²) in [6.45, 7) is 4.06. The highest BCUT2D eigenvalue weighted by Gasteiger charge is 2.27. The summed E-state index contributed by atoms with van der Waals surface area (Å²) in [6.07, 6.45) is 3.42. The van der Waals surface area contributed by atoms with E-state index in [0.717, 1.165) is 16.5 Å². The van der Waals surface area contributed by atoms with E-state index in [1.165, 1.54) is 0 Å². The van der Waals surface area contributed by atoms with Gasteiger partial charge in [0.1, 0.15) is 0 Å². The van der Waals surface area contributed by atoms with E-state index in [1.54, 1.807) is 7.05 Å². The minimum absolute atomic E-state index is 0.00567. The number of rotatable bonds is 11. The smallest absolute Gasteiger partial charge is 0.312 e. The number of likely N-dealkylation sites (N-methyl/N-ethyl adjacent to an activating group) is 1. The fourth-order valence-electron chi connectivity index (χ4n) is 3.34. The lowest BCUT2D eigenvalue weighted by Gasteiger charge is -2.23. The number of amides is 3. The number of benzene rings is 1. The van der Waals surface area contributed by atoms with Crippen LogP contribution in [0.2, 0.25) is 0 Å². The zero-order valence-corrected chi connectivity index (χ0v) is 17.2. The summed E-state index contributed by atoms with van der Waals surface area (Å²) in [5, 5.41) is 9.46. The van der Waals surface area contributed by atoms with Gasteiger partial charge < -0.3 is 26.7 Å². The Labute approximate surface area is 171 Å². The van der Waals surface area contributed by atoms with Crippen LogP contribution in [0.4, 0.5) is 4.79 Å². The van der Waals surface area contributed by atoms with E-state index in [-0.39, 0.29) is 17.6 Å². The maximum absolute atomic E-state index is 12.8. The molecule has 3 amide bonds. The number of Topliss-reactive ketones (excluding diaryl/α,β-unsaturated/α-hetero) is 1. The van der Waals surface area contributed by atoms with Crippen molar-refractivity contribution in [1.82, 2.24) is 20.9 Å². The number of H-pyrrole nitrogens is 1. The second-order valence-electron chi connectivity index (χ2n) is 7.46. The molecular weight excluding hydrogens is 370 g/mol. The second-order valence-corrected chi connectivity index (χ2v) is 7.46. The molecule has 29 heavy (non-hydrogen) atoms. The average Bonchev–Trinajstić information content (AvgIpc) is 3.09. The van der Waals surface area contributed by atoms with Crippen LogP contribution in [0.1, 0.15) is 32.3 Å². The van der Waals surface area contributed by atoms with E-state index in [1.807, 2.05) is 44.3 Å². The lowest BCUT2D eigenvalue weighted by Crippen LogP contribution is -2.51. The number of carbonyl (C=O) groups is 3. The molecule has 1 heterocycles. The van der Waals surface area contributed by atoms with Crippen LogP contribution in [0.15, 0.2) is 30.5 Å². The number of aromatic nitrogens is 1. The van der Waals surface area contributed by atoms with Crippen molar-refractivity contribution >= 4 is 28.6 Å². The Morgan fingerprint density at radius 2 is 1.86 bits per heavy atom. The largest absolute Gasteiger partial charge is 0.361 e. The Hall–Kier alpha value is -2.87. The number of urea groups is 1. The van der Waals surface area contributed by atoms with Gasteiger partial charge in [0.2, 0.25) is 5.91 Å². The van der Waals surface area contributed by atoms with Gasteiger partial charge >= 0.3 is 6.03 Å². The van der Waals surface area contributed by atoms with E-state index >= 15 is 0 Å². The number of hydrogen-bond donors (Lipinski definition) is 5. The average molecular weight is 402 g/mol. The molecule has 1 aromatic carbocycles. The highest BCUT2D eigenvalue weighted by Crippen LogP contribution is 2.20. The van der Waals surface area contributed by atoms with Crippen LogP contribution in [0, 0.1) is 5.92 Å². The molecule has 2 aromatic rings. The normalized spacial score (nSPS) is 13.2. The molecule has 0 aliphatic heterocycles. The molecule has 8 nitrogen and oxygen atoms in total. The van der Waals surface area contributed by atoms with Gasteiger partial charge in [-0.1, -0.05) is 32.0 Å². The Morgan fingerprint density at radius 1 is 1.14 bits per heavy atom. The molecule has 2 rings (SSSR count). The molecule has 2 atom stereocenters. The molecule has 0 aliphatic carbocycles. The maximum atomic E-state index is 12.8. The molecule has 0 saturated carbocycles. The summed E-state index contributed by atoms with van der Waals surface area (Å²) < 4.78 is 0. The fourth-order valence-corrected chi connectivity index (χ4v) is 3.34. The first kappa shape index (κ1) is 22.4. The van der Waals surface area contributed by atoms with Crippen molar-refractivity contribution in [2.24, 2.45) is 11.7 Å². The summed E-state index contributed by atoms with van der Waals surface area (Å²) in [6, 6.07) is 6.23. The lowest BCUT2D eigenvalue weighted by atomic mass is 9.95. The Bertz CT molecular complexity index is 846. The molecule has 0 saturated heterocycles. The number of fused-ring (bicyclic) bond motifs is 1. The number of primary amides is 1. The van der Waals surface area contributed by atoms with Gasteiger partial charge in [0.05, 0.1) is 12.1 Å². The zero-order chi connectivity index (χ0) is 21.4. The van der Waals surface area contributed by atoms with Gasteiger partial charge in [-0.2, -0.15) is 0 Å². The number of ketones is 1. The van der Waals surface area contributed by atoms with Crippen LogP contribution >= 0.6 is 0 Å². The van der Waals surface area contributed by atoms with Gasteiger partial charge in [0.15, 0.2) is 5.78 Å². The number of para-hydroxylation sites is 1. The molecule has 0 bridgehead atoms. The first-order valence-corrected chi connectivity index (χ1v) is 9.93. The highest BCUT2D eigenvalue weighted by atomic mass is 16.2. The van der Waals surface area contributed by atoms with Crippen LogP contribution in [-0.2, 0) is 16.0 Å². The zero-order valence-electron chi connectivity index (χ0n) is 17.2. The van der Waals surface area contributed by atoms with E-state index < -0.39 is 18.1 Å². The topological polar surface area (TPSA) is 129 Å². The van der Waals surface area contributed by atoms with Crippen molar-refractivity contribution in [3.05, 3.63) is 36.0 Å². The van der Waals surface area contributed by atoms with Crippen molar-refractivity contribution in [3.63, 3.8) is 0 Å². The third kappa shape index (κ3) is 6.32. The van der Waals surface area contributed by atoms with Crippen molar-refractivity contribution in [2.75, 3.05) is 13.6 Å². The number of nitrogens with one attached hydrogen (secondary N) is 4. The van der Waals surface area contributed by atoms with Crippen molar-refractivity contribution in [1.29, 1.82) is 0 Å². The van der Waals surface area contributed by atoms with Crippen LogP contribution in [0.3, 0.4) is 0 Å². The molecule has 6 N–H and O–H groups in total. The van der Waals surface area contributed by atoms with E-state index in [9.17, 15) is 14.4 Å². The Kier molecular flexibility index (Phi) is 8.21. The van der Waals surface area contributed by atoms with E-state index in [4.69, 9.17) is 5.73 Å². The van der Waals surface area contributed by atoms with Crippen LogP contribution in [0.25, 0.3) is 10.9 Å². The Balaban J connectivity index is 2.08. The molecule has 8 heteroatoms. The van der Waals surface area contributed by atoms with Gasteiger partial charge in [0, 0.05) is 36.0 Å². The van der Waals surface area contributed by atoms with Gasteiger partial charge in [-0.15, -0.1) is 0 Å². The quantitative estimate of drug-likeness (QED) is 0.365. The van der Waals surface area contributed by atoms with Gasteiger partial charge in [-0.25, -0.2) is 4.79 Å². The van der Waals surface area contributed by atoms with Crippen LogP contribution < -0.4 is 21.7 Å². The SMILES string of the molecule is CN[C@@H](CCCNC(N)=O)C(=O)N[C@@H](Cc1c[nH]c2ccccc12)C(=O)C(C)C. The monoisotopic (exact) mass is 401 g/mol. The maximum Gasteiger partial charge on any atom is 0.312 e. The predicted octanol–water partition coefficient (Wildman–Crippen LogP) is 1.46. The van der Waals surface area contributed by atoms with Gasteiger partial charge in [0.25, 0.3) is 0 Å². The van der Waals surface area contributed by atoms with Gasteiger partial charge in [-0.3, -0.25) is 9.59 Å². The summed E-state index contributed by atoms with van der Waals surface area (Å²) in [4.78, 5) is 39.5. The summed E-state index contributed by atoms with van der Waals surface area (Å²) in [5.41, 5.74) is 7.04. The van der Waals surface area contributed by atoms with E-state index in [0.29, 0.717) is 25.8 Å². The standard InChI is InChI=1S/C21H31N5O3/c1-13(2)19(27)18(11-14-12-25-16-8-5-4-7-15(14)16)26-20(28)17(23-3)9-6-10-24-21(22)29/h4-5,7-8,12-13,17-18,23,25H,6,9-11H2,1-3H3,(H,26,28)(H3,22,24,29)/t17-,18-/m0/s1. The molecule has 0 spiro atoms. The number of nitrogens with two attached hydrogens (primary N) is 1. The second kappa shape index (κ2) is 10.6. The van der Waals surface area contributed by atoms with E-state index in [2.05, 4.69) is 20.9 Å². The molecular formula is C21H31N5O3. The number of carbonyl (C=O) groups excluding carboxylic acids is 3. The molecule has 158 valence electrons. The van der Waals surface area contributed by atoms with Crippen LogP contribution in [-0.4, -0.2) is 48.4 Å². The fraction of sp³-hybridized carbons (Fsp3) is 0.476. The Morgan fingerprint density at radius 3 is 2.52 bits per heavy atom. The third-order valence-corrected chi connectivity index (χ3v) is 4.96. The highest BCUT2D eigenvalue weighted by molar-refractivity contribution is 5.93. The molecule has 0 fully saturated rings. The molecule has 0 radical (unpaired) electrons. The molecule has 1 aromatic heterocycles. The van der Waals surface area contributed by atoms with Crippen molar-refractivity contribution in [3.8, 4) is 0 Å². The molecule has 0 unspecified atom stereocenters. The summed E-state index contributed by atoms with van der Waals surface area (Å²) in [5.74, 6) is -0.433. The summed E-state index contributed by atoms with van der Waals surface area (Å²) >= 11 is 0. The van der Waals surface area contributed by atoms with Crippen LogP contribution in [0.5, 0.6) is 0 Å². The predicted molar refractivity (Wildman–Crippen MR) is 113 cm³/mol. The lowest BCUT2D eigenvalue weighted by molar-refractivity contribution is -0.130. The third-order valence-electron chi connectivity index (χ3n) is 4.96. The molecule has 0 aliphatic rings. The summed E-state index contributed by atoms with van der Waals surface area (Å²) in [7, 11) is 1.70. The van der Waals surface area contributed by atoms with Crippen molar-refractivity contribution < 1.29 is 14.4 Å². The first-order chi connectivity index (χ1) is 13.8. The minimum Gasteiger partial charge on any atom is -0.361 e. The minimum atomic E-state index is -0.610. The first-order valence-electron chi connectivity index (χ1n) is 9.93.